The Kier molecular flexibility index (Phi) is 4.89. The Balaban J connectivity index is 2.16. The quantitative estimate of drug-likeness (QED) is 0.660. The van der Waals surface area contributed by atoms with Crippen LogP contribution in [0.25, 0.3) is 0 Å². The van der Waals surface area contributed by atoms with E-state index >= 15 is 0 Å². The van der Waals surface area contributed by atoms with Crippen molar-refractivity contribution in [1.82, 2.24) is 4.98 Å². The van der Waals surface area contributed by atoms with Crippen LogP contribution in [0.5, 0.6) is 0 Å². The maximum atomic E-state index is 12.9. The number of nitrogens with two attached hydrogens (primary N) is 1. The SMILES string of the molecule is CCOC1CCN(c2cc(C(F)(F)F)cc(NN)n2)CC1. The molecule has 1 saturated heterocycles. The average Bonchev–Trinajstić information content (AvgIpc) is 2.47. The molecule has 0 spiro atoms. The number of pyridine rings is 1. The van der Waals surface area contributed by atoms with Gasteiger partial charge in [0.15, 0.2) is 0 Å². The molecule has 0 amide bonds. The van der Waals surface area contributed by atoms with Gasteiger partial charge >= 0.3 is 6.18 Å². The maximum Gasteiger partial charge on any atom is 0.416 e. The molecular weight excluding hydrogens is 285 g/mol. The molecule has 21 heavy (non-hydrogen) atoms. The van der Waals surface area contributed by atoms with Gasteiger partial charge in [0.1, 0.15) is 11.6 Å². The fourth-order valence-electron chi connectivity index (χ4n) is 2.40. The molecule has 2 heterocycles. The van der Waals surface area contributed by atoms with Gasteiger partial charge in [-0.2, -0.15) is 13.2 Å². The van der Waals surface area contributed by atoms with E-state index in [1.165, 1.54) is 0 Å². The molecule has 1 fully saturated rings. The van der Waals surface area contributed by atoms with Crippen LogP contribution in [0.3, 0.4) is 0 Å². The Morgan fingerprint density at radius 3 is 2.57 bits per heavy atom. The molecule has 0 aliphatic carbocycles. The van der Waals surface area contributed by atoms with Gasteiger partial charge in [0.05, 0.1) is 11.7 Å². The third kappa shape index (κ3) is 3.98. The van der Waals surface area contributed by atoms with Crippen molar-refractivity contribution >= 4 is 11.6 Å². The summed E-state index contributed by atoms with van der Waals surface area (Å²) in [6.45, 7) is 3.81. The number of nitrogens with one attached hydrogen (secondary N) is 1. The molecule has 1 aromatic rings. The van der Waals surface area contributed by atoms with Crippen molar-refractivity contribution in [3.63, 3.8) is 0 Å². The highest BCUT2D eigenvalue weighted by atomic mass is 19.4. The monoisotopic (exact) mass is 304 g/mol. The zero-order chi connectivity index (χ0) is 15.5. The number of ether oxygens (including phenoxy) is 1. The zero-order valence-corrected chi connectivity index (χ0v) is 11.8. The minimum Gasteiger partial charge on any atom is -0.378 e. The van der Waals surface area contributed by atoms with Crippen LogP contribution in [0.15, 0.2) is 12.1 Å². The first-order chi connectivity index (χ1) is 9.94. The highest BCUT2D eigenvalue weighted by molar-refractivity contribution is 5.51. The van der Waals surface area contributed by atoms with Gasteiger partial charge in [-0.1, -0.05) is 0 Å². The summed E-state index contributed by atoms with van der Waals surface area (Å²) in [5.41, 5.74) is 1.43. The second-order valence-electron chi connectivity index (χ2n) is 4.88. The molecule has 0 radical (unpaired) electrons. The largest absolute Gasteiger partial charge is 0.416 e. The standard InChI is InChI=1S/C13H19F3N4O/c1-2-21-10-3-5-20(6-4-10)12-8-9(13(14,15)16)7-11(18-12)19-17/h7-8,10H,2-6,17H2,1H3,(H,18,19). The van der Waals surface area contributed by atoms with E-state index in [1.54, 1.807) is 0 Å². The fraction of sp³-hybridized carbons (Fsp3) is 0.615. The summed E-state index contributed by atoms with van der Waals surface area (Å²) in [4.78, 5) is 5.93. The van der Waals surface area contributed by atoms with E-state index in [0.717, 1.165) is 25.0 Å². The van der Waals surface area contributed by atoms with Gasteiger partial charge in [-0.05, 0) is 31.9 Å². The molecule has 0 atom stereocenters. The van der Waals surface area contributed by atoms with Crippen LogP contribution >= 0.6 is 0 Å². The first-order valence-electron chi connectivity index (χ1n) is 6.86. The van der Waals surface area contributed by atoms with Gasteiger partial charge < -0.3 is 15.1 Å². The van der Waals surface area contributed by atoms with E-state index in [0.29, 0.717) is 19.7 Å². The van der Waals surface area contributed by atoms with Gasteiger partial charge in [-0.25, -0.2) is 10.8 Å². The Morgan fingerprint density at radius 2 is 2.05 bits per heavy atom. The number of anilines is 2. The van der Waals surface area contributed by atoms with Crippen LogP contribution < -0.4 is 16.2 Å². The van der Waals surface area contributed by atoms with Crippen LogP contribution in [0, 0.1) is 0 Å². The number of hydrogen-bond acceptors (Lipinski definition) is 5. The number of rotatable bonds is 4. The van der Waals surface area contributed by atoms with E-state index < -0.39 is 11.7 Å². The van der Waals surface area contributed by atoms with E-state index in [4.69, 9.17) is 10.6 Å². The molecule has 0 aromatic carbocycles. The number of alkyl halides is 3. The molecule has 0 unspecified atom stereocenters. The van der Waals surface area contributed by atoms with Gasteiger partial charge in [0.25, 0.3) is 0 Å². The van der Waals surface area contributed by atoms with E-state index in [-0.39, 0.29) is 17.7 Å². The molecule has 1 aliphatic rings. The summed E-state index contributed by atoms with van der Waals surface area (Å²) < 4.78 is 44.2. The predicted octanol–water partition coefficient (Wildman–Crippen LogP) is 2.39. The van der Waals surface area contributed by atoms with Crippen molar-refractivity contribution in [2.75, 3.05) is 30.0 Å². The van der Waals surface area contributed by atoms with Gasteiger partial charge in [-0.15, -0.1) is 0 Å². The summed E-state index contributed by atoms with van der Waals surface area (Å²) in [6, 6.07) is 1.96. The van der Waals surface area contributed by atoms with Crippen molar-refractivity contribution in [1.29, 1.82) is 0 Å². The molecule has 3 N–H and O–H groups in total. The number of hydrogen-bond donors (Lipinski definition) is 2. The van der Waals surface area contributed by atoms with E-state index in [2.05, 4.69) is 10.4 Å². The van der Waals surface area contributed by atoms with Crippen LogP contribution in [0.4, 0.5) is 24.8 Å². The van der Waals surface area contributed by atoms with Crippen LogP contribution in [-0.2, 0) is 10.9 Å². The molecule has 1 aromatic heterocycles. The highest BCUT2D eigenvalue weighted by Crippen LogP contribution is 2.33. The number of piperidine rings is 1. The third-order valence-corrected chi connectivity index (χ3v) is 3.46. The summed E-state index contributed by atoms with van der Waals surface area (Å²) in [5, 5.41) is 0. The smallest absolute Gasteiger partial charge is 0.378 e. The van der Waals surface area contributed by atoms with Crippen LogP contribution in [0.1, 0.15) is 25.3 Å². The van der Waals surface area contributed by atoms with Crippen molar-refractivity contribution < 1.29 is 17.9 Å². The molecular formula is C13H19F3N4O. The van der Waals surface area contributed by atoms with E-state index in [1.807, 2.05) is 11.8 Å². The average molecular weight is 304 g/mol. The molecule has 5 nitrogen and oxygen atoms in total. The molecule has 1 aliphatic heterocycles. The molecule has 8 heteroatoms. The number of hydrazine groups is 1. The minimum absolute atomic E-state index is 0.00626. The Labute approximate surface area is 121 Å². The lowest BCUT2D eigenvalue weighted by Gasteiger charge is -2.33. The molecule has 2 rings (SSSR count). The second-order valence-corrected chi connectivity index (χ2v) is 4.88. The lowest BCUT2D eigenvalue weighted by Crippen LogP contribution is -2.37. The topological polar surface area (TPSA) is 63.4 Å². The van der Waals surface area contributed by atoms with Crippen molar-refractivity contribution in [2.24, 2.45) is 5.84 Å². The number of aromatic nitrogens is 1. The van der Waals surface area contributed by atoms with Crippen molar-refractivity contribution in [2.45, 2.75) is 32.0 Å². The maximum absolute atomic E-state index is 12.9. The molecule has 0 bridgehead atoms. The first-order valence-corrected chi connectivity index (χ1v) is 6.86. The predicted molar refractivity (Wildman–Crippen MR) is 73.9 cm³/mol. The van der Waals surface area contributed by atoms with Gasteiger partial charge in [-0.3, -0.25) is 0 Å². The lowest BCUT2D eigenvalue weighted by molar-refractivity contribution is -0.137. The van der Waals surface area contributed by atoms with Gasteiger partial charge in [0.2, 0.25) is 0 Å². The van der Waals surface area contributed by atoms with E-state index in [9.17, 15) is 13.2 Å². The second kappa shape index (κ2) is 6.48. The number of halogens is 3. The first kappa shape index (κ1) is 15.8. The van der Waals surface area contributed by atoms with Crippen molar-refractivity contribution in [3.8, 4) is 0 Å². The zero-order valence-electron chi connectivity index (χ0n) is 11.8. The van der Waals surface area contributed by atoms with Crippen LogP contribution in [-0.4, -0.2) is 30.8 Å². The summed E-state index contributed by atoms with van der Waals surface area (Å²) in [5.74, 6) is 5.49. The summed E-state index contributed by atoms with van der Waals surface area (Å²) in [6.07, 6.45) is -2.70. The Bertz CT molecular complexity index is 473. The van der Waals surface area contributed by atoms with Crippen molar-refractivity contribution in [3.05, 3.63) is 17.7 Å². The van der Waals surface area contributed by atoms with Crippen LogP contribution in [0.2, 0.25) is 0 Å². The minimum atomic E-state index is -4.42. The number of nitrogens with zero attached hydrogens (tertiary/aromatic N) is 2. The molecule has 118 valence electrons. The number of nitrogen functional groups attached to an aromatic ring is 1. The summed E-state index contributed by atoms with van der Waals surface area (Å²) >= 11 is 0. The lowest BCUT2D eigenvalue weighted by atomic mass is 10.1. The molecule has 0 saturated carbocycles. The third-order valence-electron chi connectivity index (χ3n) is 3.46. The Morgan fingerprint density at radius 1 is 1.38 bits per heavy atom. The fourth-order valence-corrected chi connectivity index (χ4v) is 2.40. The highest BCUT2D eigenvalue weighted by Gasteiger charge is 2.32. The Hall–Kier alpha value is -1.54. The van der Waals surface area contributed by atoms with Gasteiger partial charge in [0, 0.05) is 19.7 Å². The summed E-state index contributed by atoms with van der Waals surface area (Å²) in [7, 11) is 0. The normalized spacial score (nSPS) is 17.1.